The van der Waals surface area contributed by atoms with E-state index >= 15 is 0 Å². The second-order valence-corrected chi connectivity index (χ2v) is 2.34. The Kier molecular flexibility index (Phi) is 2.81. The lowest BCUT2D eigenvalue weighted by molar-refractivity contribution is 0.331. The van der Waals surface area contributed by atoms with Crippen molar-refractivity contribution < 1.29 is 19.8 Å². The van der Waals surface area contributed by atoms with Gasteiger partial charge in [0.15, 0.2) is 11.5 Å². The minimum absolute atomic E-state index is 0.0987. The molecule has 1 aromatic rings. The van der Waals surface area contributed by atoms with Gasteiger partial charge in [0.2, 0.25) is 5.75 Å². The molecule has 0 saturated heterocycles. The Balaban J connectivity index is 3.20. The van der Waals surface area contributed by atoms with Crippen molar-refractivity contribution in [3.63, 3.8) is 0 Å². The van der Waals surface area contributed by atoms with Crippen LogP contribution in [-0.2, 0) is 0 Å². The van der Waals surface area contributed by atoms with E-state index in [9.17, 15) is 5.11 Å². The first-order chi connectivity index (χ1) is 6.22. The van der Waals surface area contributed by atoms with Crippen LogP contribution in [0.5, 0.6) is 17.2 Å². The van der Waals surface area contributed by atoms with Crippen LogP contribution < -0.4 is 15.0 Å². The molecule has 0 spiro atoms. The van der Waals surface area contributed by atoms with Crippen molar-refractivity contribution in [2.75, 3.05) is 19.7 Å². The van der Waals surface area contributed by atoms with Gasteiger partial charge < -0.3 is 14.6 Å². The summed E-state index contributed by atoms with van der Waals surface area (Å²) in [4.78, 5) is 0. The van der Waals surface area contributed by atoms with Crippen LogP contribution in [0.4, 0.5) is 5.69 Å². The van der Waals surface area contributed by atoms with E-state index in [-0.39, 0.29) is 11.5 Å². The molecule has 1 aromatic carbocycles. The maximum absolute atomic E-state index is 9.38. The van der Waals surface area contributed by atoms with E-state index in [4.69, 9.17) is 14.7 Å². The minimum Gasteiger partial charge on any atom is -0.504 e. The first-order valence-corrected chi connectivity index (χ1v) is 3.58. The molecule has 0 bridgehead atoms. The summed E-state index contributed by atoms with van der Waals surface area (Å²) in [6.45, 7) is 0. The first kappa shape index (κ1) is 9.47. The van der Waals surface area contributed by atoms with Crippen LogP contribution in [0, 0.1) is 0 Å². The molecule has 3 N–H and O–H groups in total. The molecule has 0 saturated carbocycles. The molecule has 0 aliphatic rings. The Bertz CT molecular complexity index is 300. The second-order valence-electron chi connectivity index (χ2n) is 2.34. The smallest absolute Gasteiger partial charge is 0.203 e. The summed E-state index contributed by atoms with van der Waals surface area (Å²) in [6, 6.07) is 2.82. The Hall–Kier alpha value is -1.62. The van der Waals surface area contributed by atoms with Gasteiger partial charge in [-0.05, 0) is 0 Å². The SMILES string of the molecule is COc1cc(NO)cc(O)c1OC. The van der Waals surface area contributed by atoms with Gasteiger partial charge >= 0.3 is 0 Å². The zero-order chi connectivity index (χ0) is 9.84. The molecule has 0 amide bonds. The molecule has 0 aliphatic carbocycles. The lowest BCUT2D eigenvalue weighted by Crippen LogP contribution is -1.94. The number of benzene rings is 1. The summed E-state index contributed by atoms with van der Waals surface area (Å²) in [6.07, 6.45) is 0. The molecule has 0 radical (unpaired) electrons. The van der Waals surface area contributed by atoms with Crippen LogP contribution in [0.1, 0.15) is 0 Å². The van der Waals surface area contributed by atoms with Crippen LogP contribution >= 0.6 is 0 Å². The van der Waals surface area contributed by atoms with Crippen LogP contribution in [0.3, 0.4) is 0 Å². The highest BCUT2D eigenvalue weighted by Crippen LogP contribution is 2.38. The Morgan fingerprint density at radius 1 is 1.23 bits per heavy atom. The first-order valence-electron chi connectivity index (χ1n) is 3.58. The van der Waals surface area contributed by atoms with Crippen LogP contribution in [-0.4, -0.2) is 24.5 Å². The highest BCUT2D eigenvalue weighted by atomic mass is 16.5. The summed E-state index contributed by atoms with van der Waals surface area (Å²) < 4.78 is 9.81. The molecule has 1 rings (SSSR count). The predicted octanol–water partition coefficient (Wildman–Crippen LogP) is 1.21. The van der Waals surface area contributed by atoms with Crippen molar-refractivity contribution in [3.8, 4) is 17.2 Å². The van der Waals surface area contributed by atoms with Gasteiger partial charge in [0.05, 0.1) is 19.9 Å². The Morgan fingerprint density at radius 3 is 2.38 bits per heavy atom. The fraction of sp³-hybridized carbons (Fsp3) is 0.250. The maximum Gasteiger partial charge on any atom is 0.203 e. The summed E-state index contributed by atoms with van der Waals surface area (Å²) in [5.74, 6) is 0.485. The van der Waals surface area contributed by atoms with E-state index in [1.165, 1.54) is 26.4 Å². The Labute approximate surface area is 75.5 Å². The number of methoxy groups -OCH3 is 2. The van der Waals surface area contributed by atoms with E-state index in [0.29, 0.717) is 11.4 Å². The van der Waals surface area contributed by atoms with Crippen LogP contribution in [0.2, 0.25) is 0 Å². The predicted molar refractivity (Wildman–Crippen MR) is 46.6 cm³/mol. The fourth-order valence-electron chi connectivity index (χ4n) is 1.01. The van der Waals surface area contributed by atoms with Gasteiger partial charge in [-0.15, -0.1) is 0 Å². The van der Waals surface area contributed by atoms with Gasteiger partial charge in [0.25, 0.3) is 0 Å². The average molecular weight is 185 g/mol. The third kappa shape index (κ3) is 1.75. The molecule has 72 valence electrons. The van der Waals surface area contributed by atoms with Crippen molar-refractivity contribution in [3.05, 3.63) is 12.1 Å². The van der Waals surface area contributed by atoms with Crippen molar-refractivity contribution in [2.45, 2.75) is 0 Å². The minimum atomic E-state index is -0.0987. The van der Waals surface area contributed by atoms with Crippen LogP contribution in [0.15, 0.2) is 12.1 Å². The fourth-order valence-corrected chi connectivity index (χ4v) is 1.01. The lowest BCUT2D eigenvalue weighted by Gasteiger charge is -2.10. The highest BCUT2D eigenvalue weighted by Gasteiger charge is 2.10. The van der Waals surface area contributed by atoms with Crippen LogP contribution in [0.25, 0.3) is 0 Å². The maximum atomic E-state index is 9.38. The van der Waals surface area contributed by atoms with Crippen molar-refractivity contribution in [1.29, 1.82) is 0 Å². The summed E-state index contributed by atoms with van der Waals surface area (Å²) in [5.41, 5.74) is 2.23. The van der Waals surface area contributed by atoms with Gasteiger partial charge in [-0.1, -0.05) is 0 Å². The molecular weight excluding hydrogens is 174 g/mol. The number of phenolic OH excluding ortho intramolecular Hbond substituents is 1. The summed E-state index contributed by atoms with van der Waals surface area (Å²) in [5, 5.41) is 18.0. The van der Waals surface area contributed by atoms with Gasteiger partial charge in [0, 0.05) is 12.1 Å². The summed E-state index contributed by atoms with van der Waals surface area (Å²) >= 11 is 0. The topological polar surface area (TPSA) is 71.0 Å². The lowest BCUT2D eigenvalue weighted by atomic mass is 10.2. The number of ether oxygens (including phenoxy) is 2. The summed E-state index contributed by atoms with van der Waals surface area (Å²) in [7, 11) is 2.86. The van der Waals surface area contributed by atoms with Crippen molar-refractivity contribution in [1.82, 2.24) is 0 Å². The zero-order valence-corrected chi connectivity index (χ0v) is 7.37. The molecule has 0 aromatic heterocycles. The molecule has 5 nitrogen and oxygen atoms in total. The number of phenols is 1. The van der Waals surface area contributed by atoms with Gasteiger partial charge in [-0.2, -0.15) is 0 Å². The molecule has 0 atom stereocenters. The number of hydrogen-bond acceptors (Lipinski definition) is 5. The molecule has 0 aliphatic heterocycles. The number of hydrogen-bond donors (Lipinski definition) is 3. The monoisotopic (exact) mass is 185 g/mol. The van der Waals surface area contributed by atoms with E-state index in [1.54, 1.807) is 0 Å². The zero-order valence-electron chi connectivity index (χ0n) is 7.37. The molecule has 5 heteroatoms. The van der Waals surface area contributed by atoms with Crippen molar-refractivity contribution in [2.24, 2.45) is 0 Å². The quantitative estimate of drug-likeness (QED) is 0.617. The average Bonchev–Trinajstić information content (AvgIpc) is 2.16. The third-order valence-electron chi connectivity index (χ3n) is 1.59. The molecule has 0 fully saturated rings. The molecule has 13 heavy (non-hydrogen) atoms. The number of rotatable bonds is 3. The van der Waals surface area contributed by atoms with Gasteiger partial charge in [-0.25, -0.2) is 0 Å². The Morgan fingerprint density at radius 2 is 1.92 bits per heavy atom. The van der Waals surface area contributed by atoms with Crippen molar-refractivity contribution >= 4 is 5.69 Å². The number of aromatic hydroxyl groups is 1. The molecule has 0 unspecified atom stereocenters. The van der Waals surface area contributed by atoms with E-state index in [0.717, 1.165) is 0 Å². The van der Waals surface area contributed by atoms with E-state index < -0.39 is 0 Å². The normalized spacial score (nSPS) is 9.46. The highest BCUT2D eigenvalue weighted by molar-refractivity contribution is 5.61. The van der Waals surface area contributed by atoms with Gasteiger partial charge in [0.1, 0.15) is 0 Å². The molecule has 0 heterocycles. The third-order valence-corrected chi connectivity index (χ3v) is 1.59. The van der Waals surface area contributed by atoms with Gasteiger partial charge in [-0.3, -0.25) is 10.7 Å². The van der Waals surface area contributed by atoms with E-state index in [1.807, 2.05) is 5.48 Å². The van der Waals surface area contributed by atoms with E-state index in [2.05, 4.69) is 0 Å². The largest absolute Gasteiger partial charge is 0.504 e. The second kappa shape index (κ2) is 3.86. The standard InChI is InChI=1S/C8H11NO4/c1-12-7-4-5(9-11)3-6(10)8(7)13-2/h3-4,9-11H,1-2H3. The number of anilines is 1. The molecular formula is C8H11NO4. The number of nitrogens with one attached hydrogen (secondary N) is 1.